The van der Waals surface area contributed by atoms with Crippen molar-refractivity contribution in [2.45, 2.75) is 0 Å². The molecule has 3 N–H and O–H groups in total. The summed E-state index contributed by atoms with van der Waals surface area (Å²) in [7, 11) is 2.58. The van der Waals surface area contributed by atoms with Gasteiger partial charge in [0.2, 0.25) is 0 Å². The molecule has 1 amide bonds. The second-order valence-corrected chi connectivity index (χ2v) is 4.33. The molecule has 0 aliphatic carbocycles. The fraction of sp³-hybridized carbons (Fsp3) is 0. The summed E-state index contributed by atoms with van der Waals surface area (Å²) in [5.74, 6) is -0.159. The number of benzene rings is 2. The van der Waals surface area contributed by atoms with Crippen LogP contribution in [0.5, 0.6) is 0 Å². The second-order valence-electron chi connectivity index (χ2n) is 3.66. The van der Waals surface area contributed by atoms with E-state index in [1.54, 1.807) is 24.3 Å². The number of nitrogens with two attached hydrogens (primary N) is 1. The Hall–Kier alpha value is -1.86. The molecular formula is C13H13N2OP. The van der Waals surface area contributed by atoms with Gasteiger partial charge in [-0.1, -0.05) is 24.3 Å². The fourth-order valence-electron chi connectivity index (χ4n) is 1.44. The van der Waals surface area contributed by atoms with Gasteiger partial charge in [0.05, 0.1) is 11.4 Å². The van der Waals surface area contributed by atoms with Crippen molar-refractivity contribution in [1.82, 2.24) is 0 Å². The van der Waals surface area contributed by atoms with Crippen LogP contribution in [0.4, 0.5) is 11.4 Å². The molecule has 3 nitrogen and oxygen atoms in total. The molecule has 2 aromatic carbocycles. The van der Waals surface area contributed by atoms with Crippen molar-refractivity contribution in [3.05, 3.63) is 54.1 Å². The SMILES string of the molecule is Nc1ccccc1NC(=O)c1ccc(P)cc1. The number of nitrogens with one attached hydrogen (secondary N) is 1. The van der Waals surface area contributed by atoms with Gasteiger partial charge in [-0.25, -0.2) is 0 Å². The third-order valence-electron chi connectivity index (χ3n) is 2.38. The first-order valence-corrected chi connectivity index (χ1v) is 5.76. The van der Waals surface area contributed by atoms with E-state index in [4.69, 9.17) is 5.73 Å². The highest BCUT2D eigenvalue weighted by Gasteiger charge is 2.06. The lowest BCUT2D eigenvalue weighted by molar-refractivity contribution is 0.102. The van der Waals surface area contributed by atoms with Crippen LogP contribution in [0.2, 0.25) is 0 Å². The minimum absolute atomic E-state index is 0.159. The van der Waals surface area contributed by atoms with Crippen LogP contribution in [0.1, 0.15) is 10.4 Å². The molecule has 0 spiro atoms. The first kappa shape index (κ1) is 11.6. The lowest BCUT2D eigenvalue weighted by Crippen LogP contribution is -2.13. The standard InChI is InChI=1S/C13H13N2OP/c14-11-3-1-2-4-12(11)15-13(16)9-5-7-10(17)8-6-9/h1-8H,14,17H2,(H,15,16). The Morgan fingerprint density at radius 3 is 2.35 bits per heavy atom. The lowest BCUT2D eigenvalue weighted by atomic mass is 10.2. The van der Waals surface area contributed by atoms with Crippen LogP contribution >= 0.6 is 9.24 Å². The van der Waals surface area contributed by atoms with Crippen LogP contribution in [0, 0.1) is 0 Å². The van der Waals surface area contributed by atoms with Gasteiger partial charge < -0.3 is 11.1 Å². The molecule has 0 heterocycles. The second kappa shape index (κ2) is 4.98. The molecule has 0 radical (unpaired) electrons. The first-order chi connectivity index (χ1) is 8.16. The number of hydrogen-bond acceptors (Lipinski definition) is 2. The third-order valence-corrected chi connectivity index (χ3v) is 2.77. The van der Waals surface area contributed by atoms with Crippen molar-refractivity contribution in [2.75, 3.05) is 11.1 Å². The summed E-state index contributed by atoms with van der Waals surface area (Å²) in [6.45, 7) is 0. The summed E-state index contributed by atoms with van der Waals surface area (Å²) in [5.41, 5.74) is 7.55. The number of carbonyl (C=O) groups excluding carboxylic acids is 1. The van der Waals surface area contributed by atoms with Gasteiger partial charge in [0.15, 0.2) is 0 Å². The highest BCUT2D eigenvalue weighted by atomic mass is 31.0. The summed E-state index contributed by atoms with van der Waals surface area (Å²) in [5, 5.41) is 3.82. The van der Waals surface area contributed by atoms with E-state index >= 15 is 0 Å². The molecule has 2 aromatic rings. The number of para-hydroxylation sites is 2. The molecule has 2 rings (SSSR count). The Labute approximate surface area is 102 Å². The Kier molecular flexibility index (Phi) is 3.40. The number of amides is 1. The van der Waals surface area contributed by atoms with Crippen molar-refractivity contribution >= 4 is 31.8 Å². The van der Waals surface area contributed by atoms with Gasteiger partial charge in [-0.05, 0) is 29.6 Å². The maximum atomic E-state index is 11.9. The molecule has 17 heavy (non-hydrogen) atoms. The molecule has 0 saturated heterocycles. The van der Waals surface area contributed by atoms with Crippen LogP contribution < -0.4 is 16.4 Å². The minimum Gasteiger partial charge on any atom is -0.397 e. The smallest absolute Gasteiger partial charge is 0.255 e. The Morgan fingerprint density at radius 2 is 1.71 bits per heavy atom. The summed E-state index contributed by atoms with van der Waals surface area (Å²) in [6, 6.07) is 14.5. The zero-order chi connectivity index (χ0) is 12.3. The van der Waals surface area contributed by atoms with E-state index in [1.165, 1.54) is 0 Å². The minimum atomic E-state index is -0.159. The number of carbonyl (C=O) groups is 1. The average Bonchev–Trinajstić information content (AvgIpc) is 2.33. The molecule has 0 saturated carbocycles. The van der Waals surface area contributed by atoms with Gasteiger partial charge in [-0.3, -0.25) is 4.79 Å². The van der Waals surface area contributed by atoms with Crippen molar-refractivity contribution in [2.24, 2.45) is 0 Å². The van der Waals surface area contributed by atoms with Crippen molar-refractivity contribution in [1.29, 1.82) is 0 Å². The van der Waals surface area contributed by atoms with Crippen LogP contribution in [-0.2, 0) is 0 Å². The quantitative estimate of drug-likeness (QED) is 0.627. The molecule has 0 aliphatic rings. The van der Waals surface area contributed by atoms with Gasteiger partial charge in [0.1, 0.15) is 0 Å². The van der Waals surface area contributed by atoms with Crippen LogP contribution in [-0.4, -0.2) is 5.91 Å². The fourth-order valence-corrected chi connectivity index (χ4v) is 1.63. The van der Waals surface area contributed by atoms with E-state index in [0.717, 1.165) is 5.30 Å². The highest BCUT2D eigenvalue weighted by molar-refractivity contribution is 7.27. The molecule has 86 valence electrons. The van der Waals surface area contributed by atoms with Gasteiger partial charge in [-0.15, -0.1) is 9.24 Å². The molecular weight excluding hydrogens is 231 g/mol. The summed E-state index contributed by atoms with van der Waals surface area (Å²) < 4.78 is 0. The van der Waals surface area contributed by atoms with Gasteiger partial charge in [0, 0.05) is 5.56 Å². The van der Waals surface area contributed by atoms with Crippen molar-refractivity contribution in [3.8, 4) is 0 Å². The summed E-state index contributed by atoms with van der Waals surface area (Å²) >= 11 is 0. The maximum absolute atomic E-state index is 11.9. The van der Waals surface area contributed by atoms with E-state index in [0.29, 0.717) is 16.9 Å². The Bertz CT molecular complexity index is 537. The molecule has 0 aliphatic heterocycles. The topological polar surface area (TPSA) is 55.1 Å². The number of rotatable bonds is 2. The van der Waals surface area contributed by atoms with Crippen LogP contribution in [0.3, 0.4) is 0 Å². The van der Waals surface area contributed by atoms with E-state index in [9.17, 15) is 4.79 Å². The van der Waals surface area contributed by atoms with E-state index in [-0.39, 0.29) is 5.91 Å². The zero-order valence-corrected chi connectivity index (χ0v) is 10.3. The molecule has 0 aromatic heterocycles. The number of anilines is 2. The first-order valence-electron chi connectivity index (χ1n) is 5.18. The lowest BCUT2D eigenvalue weighted by Gasteiger charge is -2.07. The zero-order valence-electron chi connectivity index (χ0n) is 9.18. The average molecular weight is 244 g/mol. The van der Waals surface area contributed by atoms with Crippen LogP contribution in [0.15, 0.2) is 48.5 Å². The van der Waals surface area contributed by atoms with Crippen molar-refractivity contribution in [3.63, 3.8) is 0 Å². The largest absolute Gasteiger partial charge is 0.397 e. The summed E-state index contributed by atoms with van der Waals surface area (Å²) in [4.78, 5) is 11.9. The predicted molar refractivity (Wildman–Crippen MR) is 74.6 cm³/mol. The van der Waals surface area contributed by atoms with Gasteiger partial charge in [-0.2, -0.15) is 0 Å². The maximum Gasteiger partial charge on any atom is 0.255 e. The normalized spacial score (nSPS) is 9.94. The Balaban J connectivity index is 2.17. The molecule has 4 heteroatoms. The van der Waals surface area contributed by atoms with Crippen LogP contribution in [0.25, 0.3) is 0 Å². The number of hydrogen-bond donors (Lipinski definition) is 2. The molecule has 0 fully saturated rings. The molecule has 0 bridgehead atoms. The van der Waals surface area contributed by atoms with E-state index in [2.05, 4.69) is 14.6 Å². The monoisotopic (exact) mass is 244 g/mol. The van der Waals surface area contributed by atoms with Crippen molar-refractivity contribution < 1.29 is 4.79 Å². The molecule has 1 unspecified atom stereocenters. The molecule has 1 atom stereocenters. The summed E-state index contributed by atoms with van der Waals surface area (Å²) in [6.07, 6.45) is 0. The highest BCUT2D eigenvalue weighted by Crippen LogP contribution is 2.17. The number of nitrogen functional groups attached to an aromatic ring is 1. The third kappa shape index (κ3) is 2.83. The predicted octanol–water partition coefficient (Wildman–Crippen LogP) is 2.02. The van der Waals surface area contributed by atoms with Gasteiger partial charge >= 0.3 is 0 Å². The van der Waals surface area contributed by atoms with E-state index < -0.39 is 0 Å². The van der Waals surface area contributed by atoms with Gasteiger partial charge in [0.25, 0.3) is 5.91 Å². The Morgan fingerprint density at radius 1 is 1.06 bits per heavy atom. The van der Waals surface area contributed by atoms with E-state index in [1.807, 2.05) is 24.3 Å².